The van der Waals surface area contributed by atoms with Crippen molar-refractivity contribution in [3.8, 4) is 0 Å². The molecule has 2 heterocycles. The highest BCUT2D eigenvalue weighted by atomic mass is 32.2. The van der Waals surface area contributed by atoms with Crippen LogP contribution in [0.15, 0.2) is 41.9 Å². The minimum Gasteiger partial charge on any atom is -0.325 e. The molecule has 1 fully saturated rings. The van der Waals surface area contributed by atoms with Crippen molar-refractivity contribution in [1.29, 1.82) is 0 Å². The van der Waals surface area contributed by atoms with E-state index in [-0.39, 0.29) is 25.1 Å². The number of hydrogen-bond acceptors (Lipinski definition) is 6. The van der Waals surface area contributed by atoms with Crippen LogP contribution in [0.4, 0.5) is 19.3 Å². The number of carbonyl (C=O) groups is 2. The smallest absolute Gasteiger partial charge is 0.325 e. The van der Waals surface area contributed by atoms with Crippen LogP contribution in [0, 0.1) is 11.6 Å². The molecule has 3 aromatic rings. The Labute approximate surface area is 204 Å². The number of benzene rings is 2. The van der Waals surface area contributed by atoms with Gasteiger partial charge in [-0.2, -0.15) is 12.7 Å². The Balaban J connectivity index is 1.57. The van der Waals surface area contributed by atoms with Crippen LogP contribution in [0.2, 0.25) is 0 Å². The number of nitrogens with one attached hydrogen (secondary N) is 2. The first-order chi connectivity index (χ1) is 16.6. The molecule has 3 amide bonds. The molecule has 4 rings (SSSR count). The fourth-order valence-electron chi connectivity index (χ4n) is 3.88. The Morgan fingerprint density at radius 1 is 1.14 bits per heavy atom. The van der Waals surface area contributed by atoms with Crippen molar-refractivity contribution in [2.75, 3.05) is 25.0 Å². The third kappa shape index (κ3) is 5.92. The Bertz CT molecular complexity index is 1340. The largest absolute Gasteiger partial charge is 0.330 e. The Morgan fingerprint density at radius 3 is 2.51 bits per heavy atom. The lowest BCUT2D eigenvalue weighted by molar-refractivity contribution is -0.120. The van der Waals surface area contributed by atoms with Gasteiger partial charge in [-0.15, -0.1) is 11.3 Å². The summed E-state index contributed by atoms with van der Waals surface area (Å²) in [6.45, 7) is 0.574. The van der Waals surface area contributed by atoms with E-state index >= 15 is 0 Å². The zero-order valence-electron chi connectivity index (χ0n) is 18.7. The van der Waals surface area contributed by atoms with Crippen molar-refractivity contribution in [3.63, 3.8) is 0 Å². The molecule has 1 aromatic heterocycles. The van der Waals surface area contributed by atoms with Crippen molar-refractivity contribution in [3.05, 3.63) is 59.1 Å². The van der Waals surface area contributed by atoms with E-state index in [0.717, 1.165) is 21.1 Å². The molecular formula is C22H23F2N5O4S2. The number of hydrogen-bond donors (Lipinski definition) is 2. The maximum atomic E-state index is 13.8. The quantitative estimate of drug-likeness (QED) is 0.495. The minimum absolute atomic E-state index is 0.118. The van der Waals surface area contributed by atoms with Gasteiger partial charge in [0.2, 0.25) is 5.91 Å². The van der Waals surface area contributed by atoms with E-state index in [1.807, 2.05) is 4.72 Å². The molecule has 0 spiro atoms. The Kier molecular flexibility index (Phi) is 7.28. The van der Waals surface area contributed by atoms with Crippen molar-refractivity contribution >= 4 is 49.4 Å². The molecule has 0 saturated carbocycles. The summed E-state index contributed by atoms with van der Waals surface area (Å²) in [6, 6.07) is 5.55. The maximum Gasteiger partial charge on any atom is 0.330 e. The van der Waals surface area contributed by atoms with Gasteiger partial charge in [-0.1, -0.05) is 0 Å². The van der Waals surface area contributed by atoms with E-state index in [1.165, 1.54) is 23.3 Å². The summed E-state index contributed by atoms with van der Waals surface area (Å²) in [5.74, 6) is -2.29. The molecule has 1 aliphatic heterocycles. The Morgan fingerprint density at radius 2 is 1.83 bits per heavy atom. The number of amides is 3. The van der Waals surface area contributed by atoms with Crippen molar-refractivity contribution in [2.24, 2.45) is 0 Å². The first kappa shape index (κ1) is 24.9. The van der Waals surface area contributed by atoms with Crippen LogP contribution >= 0.6 is 11.3 Å². The summed E-state index contributed by atoms with van der Waals surface area (Å²) >= 11 is 1.44. The van der Waals surface area contributed by atoms with E-state index in [1.54, 1.807) is 23.7 Å². The average Bonchev–Trinajstić information content (AvgIpc) is 3.48. The predicted octanol–water partition coefficient (Wildman–Crippen LogP) is 2.79. The molecule has 186 valence electrons. The van der Waals surface area contributed by atoms with Gasteiger partial charge in [0.1, 0.15) is 17.7 Å². The number of anilines is 1. The SMILES string of the molecule is CN(C(=O)[C@H](Cc1cc(F)cc(F)c1)NC(=O)NS(=O)(=O)N1CCCC1)c1ccc2scnc2c1. The lowest BCUT2D eigenvalue weighted by Gasteiger charge is -2.25. The number of halogens is 2. The van der Waals surface area contributed by atoms with Gasteiger partial charge < -0.3 is 10.2 Å². The first-order valence-electron chi connectivity index (χ1n) is 10.8. The second kappa shape index (κ2) is 10.2. The Hall–Kier alpha value is -3.16. The van der Waals surface area contributed by atoms with Crippen molar-refractivity contribution in [1.82, 2.24) is 19.3 Å². The zero-order chi connectivity index (χ0) is 25.2. The number of aromatic nitrogens is 1. The molecule has 2 N–H and O–H groups in total. The number of rotatable bonds is 7. The van der Waals surface area contributed by atoms with Crippen molar-refractivity contribution < 1.29 is 26.8 Å². The molecule has 0 aliphatic carbocycles. The highest BCUT2D eigenvalue weighted by Gasteiger charge is 2.30. The van der Waals surface area contributed by atoms with E-state index < -0.39 is 39.8 Å². The van der Waals surface area contributed by atoms with Gasteiger partial charge in [-0.3, -0.25) is 4.79 Å². The van der Waals surface area contributed by atoms with Gasteiger partial charge in [0, 0.05) is 38.3 Å². The van der Waals surface area contributed by atoms with Gasteiger partial charge in [0.15, 0.2) is 0 Å². The maximum absolute atomic E-state index is 13.8. The van der Waals surface area contributed by atoms with Crippen LogP contribution < -0.4 is 14.9 Å². The molecule has 1 aliphatic rings. The summed E-state index contributed by atoms with van der Waals surface area (Å²) in [6.07, 6.45) is 1.10. The van der Waals surface area contributed by atoms with E-state index in [9.17, 15) is 26.8 Å². The second-order valence-corrected chi connectivity index (χ2v) is 10.7. The van der Waals surface area contributed by atoms with E-state index in [0.29, 0.717) is 30.1 Å². The number of carbonyl (C=O) groups excluding carboxylic acids is 2. The highest BCUT2D eigenvalue weighted by Crippen LogP contribution is 2.24. The molecule has 0 radical (unpaired) electrons. The normalized spacial score (nSPS) is 15.2. The van der Waals surface area contributed by atoms with Crippen LogP contribution in [0.1, 0.15) is 18.4 Å². The zero-order valence-corrected chi connectivity index (χ0v) is 20.3. The van der Waals surface area contributed by atoms with E-state index in [4.69, 9.17) is 0 Å². The third-order valence-corrected chi connectivity index (χ3v) is 7.92. The fourth-order valence-corrected chi connectivity index (χ4v) is 5.70. The molecule has 1 saturated heterocycles. The summed E-state index contributed by atoms with van der Waals surface area (Å²) in [5.41, 5.74) is 2.95. The number of likely N-dealkylation sites (N-methyl/N-ethyl adjacent to an activating group) is 1. The highest BCUT2D eigenvalue weighted by molar-refractivity contribution is 7.87. The van der Waals surface area contributed by atoms with Gasteiger partial charge in [-0.25, -0.2) is 23.3 Å². The third-order valence-electron chi connectivity index (χ3n) is 5.62. The van der Waals surface area contributed by atoms with Crippen LogP contribution in [-0.2, 0) is 21.4 Å². The summed E-state index contributed by atoms with van der Waals surface area (Å²) < 4.78 is 56.4. The standard InChI is InChI=1S/C22H23F2N5O4S2/c1-28(17-4-5-20-18(12-17)25-13-34-20)21(30)19(10-14-8-15(23)11-16(24)9-14)26-22(31)27-35(32,33)29-6-2-3-7-29/h4-5,8-9,11-13,19H,2-3,6-7,10H2,1H3,(H2,26,27,31)/t19-/m0/s1. The number of urea groups is 1. The van der Waals surface area contributed by atoms with Crippen LogP contribution in [0.25, 0.3) is 10.2 Å². The second-order valence-electron chi connectivity index (χ2n) is 8.12. The monoisotopic (exact) mass is 523 g/mol. The molecule has 13 heteroatoms. The predicted molar refractivity (Wildman–Crippen MR) is 128 cm³/mol. The molecule has 2 aromatic carbocycles. The van der Waals surface area contributed by atoms with Crippen LogP contribution in [-0.4, -0.2) is 55.8 Å². The van der Waals surface area contributed by atoms with Crippen LogP contribution in [0.5, 0.6) is 0 Å². The van der Waals surface area contributed by atoms with Gasteiger partial charge in [0.25, 0.3) is 0 Å². The first-order valence-corrected chi connectivity index (χ1v) is 13.1. The van der Waals surface area contributed by atoms with E-state index in [2.05, 4.69) is 10.3 Å². The number of thiazole rings is 1. The molecule has 1 atom stereocenters. The molecule has 35 heavy (non-hydrogen) atoms. The van der Waals surface area contributed by atoms with Gasteiger partial charge in [0.05, 0.1) is 15.7 Å². The van der Waals surface area contributed by atoms with Gasteiger partial charge >= 0.3 is 16.2 Å². The minimum atomic E-state index is -4.09. The molecule has 0 bridgehead atoms. The molecule has 9 nitrogen and oxygen atoms in total. The average molecular weight is 524 g/mol. The topological polar surface area (TPSA) is 112 Å². The van der Waals surface area contributed by atoms with Gasteiger partial charge in [-0.05, 0) is 48.7 Å². The molecular weight excluding hydrogens is 500 g/mol. The van der Waals surface area contributed by atoms with Crippen LogP contribution in [0.3, 0.4) is 0 Å². The number of fused-ring (bicyclic) bond motifs is 1. The summed E-state index contributed by atoms with van der Waals surface area (Å²) in [5, 5.41) is 2.36. The summed E-state index contributed by atoms with van der Waals surface area (Å²) in [7, 11) is -2.61. The molecule has 0 unspecified atom stereocenters. The summed E-state index contributed by atoms with van der Waals surface area (Å²) in [4.78, 5) is 31.5. The lowest BCUT2D eigenvalue weighted by atomic mass is 10.0. The van der Waals surface area contributed by atoms with Crippen molar-refractivity contribution in [2.45, 2.75) is 25.3 Å². The number of nitrogens with zero attached hydrogens (tertiary/aromatic N) is 3. The fraction of sp³-hybridized carbons (Fsp3) is 0.318. The lowest BCUT2D eigenvalue weighted by Crippen LogP contribution is -2.54.